The molecule has 5 atom stereocenters. The summed E-state index contributed by atoms with van der Waals surface area (Å²) in [6.07, 6.45) is 2.85. The van der Waals surface area contributed by atoms with Crippen LogP contribution in [0, 0.1) is 17.8 Å². The van der Waals surface area contributed by atoms with Gasteiger partial charge in [-0.15, -0.1) is 0 Å². The Labute approximate surface area is 147 Å². The van der Waals surface area contributed by atoms with Crippen LogP contribution in [-0.2, 0) is 23.9 Å². The molecule has 0 aromatic carbocycles. The third-order valence-corrected chi connectivity index (χ3v) is 5.74. The van der Waals surface area contributed by atoms with Crippen molar-refractivity contribution in [3.8, 4) is 0 Å². The summed E-state index contributed by atoms with van der Waals surface area (Å²) in [6, 6.07) is 0. The standard InChI is InChI=1S/C20H24O5/c1-6-9(2)19(22)24-14-8-11(4)15-13(21)7-10(3)16(15)18-17(14)12(5)20(23)25-18/h6-7,12,14,16-18H,8H2,1-5H3/b9-6+/t12-,14-,16-,17-,18+/m1/s1. The van der Waals surface area contributed by atoms with E-state index >= 15 is 0 Å². The number of esters is 2. The van der Waals surface area contributed by atoms with Crippen LogP contribution in [0.2, 0.25) is 0 Å². The number of allylic oxidation sites excluding steroid dienone is 2. The Bertz CT molecular complexity index is 739. The summed E-state index contributed by atoms with van der Waals surface area (Å²) < 4.78 is 11.4. The van der Waals surface area contributed by atoms with Crippen molar-refractivity contribution in [3.05, 3.63) is 34.4 Å². The van der Waals surface area contributed by atoms with Gasteiger partial charge in [0.05, 0.1) is 5.92 Å². The molecule has 1 aliphatic heterocycles. The lowest BCUT2D eigenvalue weighted by atomic mass is 9.79. The average molecular weight is 344 g/mol. The molecular weight excluding hydrogens is 320 g/mol. The lowest BCUT2D eigenvalue weighted by Gasteiger charge is -2.29. The fourth-order valence-corrected chi connectivity index (χ4v) is 4.26. The number of ketones is 1. The maximum atomic E-state index is 12.4. The summed E-state index contributed by atoms with van der Waals surface area (Å²) >= 11 is 0. The largest absolute Gasteiger partial charge is 0.461 e. The van der Waals surface area contributed by atoms with Gasteiger partial charge < -0.3 is 9.47 Å². The number of carbonyl (C=O) groups is 3. The molecule has 0 radical (unpaired) electrons. The van der Waals surface area contributed by atoms with Crippen molar-refractivity contribution in [2.75, 3.05) is 0 Å². The van der Waals surface area contributed by atoms with Gasteiger partial charge in [-0.1, -0.05) is 24.1 Å². The molecule has 134 valence electrons. The number of rotatable bonds is 2. The molecule has 2 aliphatic carbocycles. The monoisotopic (exact) mass is 344 g/mol. The van der Waals surface area contributed by atoms with Gasteiger partial charge in [0.2, 0.25) is 0 Å². The van der Waals surface area contributed by atoms with Gasteiger partial charge in [-0.2, -0.15) is 0 Å². The van der Waals surface area contributed by atoms with Gasteiger partial charge in [0.15, 0.2) is 5.78 Å². The molecule has 0 aromatic heterocycles. The second-order valence-electron chi connectivity index (χ2n) is 7.31. The predicted octanol–water partition coefficient (Wildman–Crippen LogP) is 2.91. The Balaban J connectivity index is 2.02. The molecular formula is C20H24O5. The minimum Gasteiger partial charge on any atom is -0.461 e. The van der Waals surface area contributed by atoms with E-state index in [1.165, 1.54) is 0 Å². The fraction of sp³-hybridized carbons (Fsp3) is 0.550. The predicted molar refractivity (Wildman–Crippen MR) is 91.4 cm³/mol. The zero-order valence-electron chi connectivity index (χ0n) is 15.3. The quantitative estimate of drug-likeness (QED) is 0.569. The van der Waals surface area contributed by atoms with Gasteiger partial charge in [-0.3, -0.25) is 9.59 Å². The van der Waals surface area contributed by atoms with Crippen LogP contribution in [0.3, 0.4) is 0 Å². The van der Waals surface area contributed by atoms with Gasteiger partial charge >= 0.3 is 11.9 Å². The lowest BCUT2D eigenvalue weighted by Crippen LogP contribution is -2.38. The van der Waals surface area contributed by atoms with Gasteiger partial charge in [-0.05, 0) is 33.8 Å². The average Bonchev–Trinajstić information content (AvgIpc) is 2.96. The number of hydrogen-bond acceptors (Lipinski definition) is 5. The van der Waals surface area contributed by atoms with Gasteiger partial charge in [-0.25, -0.2) is 4.79 Å². The molecule has 0 aromatic rings. The van der Waals surface area contributed by atoms with Crippen LogP contribution in [-0.4, -0.2) is 29.9 Å². The van der Waals surface area contributed by atoms with E-state index in [1.807, 2.05) is 20.8 Å². The van der Waals surface area contributed by atoms with Crippen LogP contribution in [0.5, 0.6) is 0 Å². The van der Waals surface area contributed by atoms with E-state index in [2.05, 4.69) is 0 Å². The van der Waals surface area contributed by atoms with E-state index in [4.69, 9.17) is 9.47 Å². The van der Waals surface area contributed by atoms with E-state index in [9.17, 15) is 14.4 Å². The van der Waals surface area contributed by atoms with E-state index in [1.54, 1.807) is 26.0 Å². The highest BCUT2D eigenvalue weighted by Crippen LogP contribution is 2.48. The Morgan fingerprint density at radius 3 is 2.64 bits per heavy atom. The van der Waals surface area contributed by atoms with Crippen LogP contribution in [0.1, 0.15) is 41.0 Å². The zero-order chi connectivity index (χ0) is 18.5. The Hall–Kier alpha value is -2.17. The molecule has 1 fully saturated rings. The van der Waals surface area contributed by atoms with Crippen LogP contribution in [0.4, 0.5) is 0 Å². The first kappa shape index (κ1) is 17.6. The van der Waals surface area contributed by atoms with Crippen molar-refractivity contribution in [1.29, 1.82) is 0 Å². The van der Waals surface area contributed by atoms with Crippen molar-refractivity contribution < 1.29 is 23.9 Å². The van der Waals surface area contributed by atoms with Crippen molar-refractivity contribution >= 4 is 17.7 Å². The van der Waals surface area contributed by atoms with Crippen LogP contribution < -0.4 is 0 Å². The fourth-order valence-electron chi connectivity index (χ4n) is 4.26. The summed E-state index contributed by atoms with van der Waals surface area (Å²) in [6.45, 7) is 9.09. The zero-order valence-corrected chi connectivity index (χ0v) is 15.3. The number of fused-ring (bicyclic) bond motifs is 3. The highest BCUT2D eigenvalue weighted by molar-refractivity contribution is 6.09. The third kappa shape index (κ3) is 2.75. The molecule has 5 nitrogen and oxygen atoms in total. The topological polar surface area (TPSA) is 69.7 Å². The van der Waals surface area contributed by atoms with Crippen molar-refractivity contribution in [2.45, 2.75) is 53.2 Å². The molecule has 0 unspecified atom stereocenters. The molecule has 25 heavy (non-hydrogen) atoms. The molecule has 0 amide bonds. The summed E-state index contributed by atoms with van der Waals surface area (Å²) in [5.41, 5.74) is 3.05. The third-order valence-electron chi connectivity index (χ3n) is 5.74. The van der Waals surface area contributed by atoms with Crippen LogP contribution >= 0.6 is 0 Å². The molecule has 1 saturated heterocycles. The molecule has 0 saturated carbocycles. The number of carbonyl (C=O) groups excluding carboxylic acids is 3. The van der Waals surface area contributed by atoms with E-state index in [-0.39, 0.29) is 35.5 Å². The summed E-state index contributed by atoms with van der Waals surface area (Å²) in [5, 5.41) is 0. The van der Waals surface area contributed by atoms with Gasteiger partial charge in [0, 0.05) is 29.4 Å². The van der Waals surface area contributed by atoms with Crippen molar-refractivity contribution in [1.82, 2.24) is 0 Å². The van der Waals surface area contributed by atoms with Gasteiger partial charge in [0.25, 0.3) is 0 Å². The van der Waals surface area contributed by atoms with E-state index < -0.39 is 12.2 Å². The Morgan fingerprint density at radius 2 is 2.00 bits per heavy atom. The summed E-state index contributed by atoms with van der Waals surface area (Å²) in [4.78, 5) is 37.0. The first-order valence-electron chi connectivity index (χ1n) is 8.72. The molecule has 0 spiro atoms. The Kier molecular flexibility index (Phi) is 4.43. The Morgan fingerprint density at radius 1 is 1.32 bits per heavy atom. The molecule has 0 N–H and O–H groups in total. The first-order chi connectivity index (χ1) is 11.8. The summed E-state index contributed by atoms with van der Waals surface area (Å²) in [7, 11) is 0. The second-order valence-corrected chi connectivity index (χ2v) is 7.31. The lowest BCUT2D eigenvalue weighted by molar-refractivity contribution is -0.148. The van der Waals surface area contributed by atoms with Crippen LogP contribution in [0.15, 0.2) is 34.4 Å². The number of hydrogen-bond donors (Lipinski definition) is 0. The number of ether oxygens (including phenoxy) is 2. The van der Waals surface area contributed by atoms with Crippen LogP contribution in [0.25, 0.3) is 0 Å². The van der Waals surface area contributed by atoms with E-state index in [0.717, 1.165) is 11.1 Å². The highest BCUT2D eigenvalue weighted by Gasteiger charge is 2.55. The summed E-state index contributed by atoms with van der Waals surface area (Å²) in [5.74, 6) is -1.55. The van der Waals surface area contributed by atoms with Gasteiger partial charge in [0.1, 0.15) is 12.2 Å². The van der Waals surface area contributed by atoms with E-state index in [0.29, 0.717) is 17.6 Å². The minimum absolute atomic E-state index is 0.0223. The van der Waals surface area contributed by atoms with Crippen molar-refractivity contribution in [2.24, 2.45) is 17.8 Å². The second kappa shape index (κ2) is 6.28. The molecule has 1 heterocycles. The normalized spacial score (nSPS) is 35.0. The SMILES string of the molecule is C/C=C(\C)C(=O)O[C@@H]1CC(C)=C2C(=O)C=C(C)[C@H]2[C@@H]2OC(=O)[C@H](C)[C@@H]21. The maximum Gasteiger partial charge on any atom is 0.333 e. The minimum atomic E-state index is -0.479. The van der Waals surface area contributed by atoms with Crippen molar-refractivity contribution in [3.63, 3.8) is 0 Å². The molecule has 3 rings (SSSR count). The maximum absolute atomic E-state index is 12.4. The highest BCUT2D eigenvalue weighted by atomic mass is 16.6. The molecule has 5 heteroatoms. The molecule has 3 aliphatic rings. The first-order valence-corrected chi connectivity index (χ1v) is 8.72. The smallest absolute Gasteiger partial charge is 0.333 e. The molecule has 0 bridgehead atoms.